The van der Waals surface area contributed by atoms with Crippen molar-refractivity contribution in [2.75, 3.05) is 18.9 Å². The zero-order chi connectivity index (χ0) is 27.7. The molecule has 0 saturated carbocycles. The maximum Gasteiger partial charge on any atom is 0.323 e. The van der Waals surface area contributed by atoms with E-state index in [-0.39, 0.29) is 48.6 Å². The largest absolute Gasteiger partial charge is 0.463 e. The van der Waals surface area contributed by atoms with Gasteiger partial charge in [0.05, 0.1) is 12.9 Å². The smallest absolute Gasteiger partial charge is 0.323 e. The summed E-state index contributed by atoms with van der Waals surface area (Å²) in [7, 11) is 3.37. The van der Waals surface area contributed by atoms with E-state index >= 15 is 0 Å². The number of aromatic nitrogens is 4. The average molecular weight is 547 g/mol. The number of nitrogens with one attached hydrogen (secondary N) is 2. The van der Waals surface area contributed by atoms with E-state index in [1.165, 1.54) is 17.8 Å². The summed E-state index contributed by atoms with van der Waals surface area (Å²) < 4.78 is 23.5. The molecule has 2 atom stereocenters. The molecule has 13 nitrogen and oxygen atoms in total. The normalized spacial score (nSPS) is 12.8. The lowest BCUT2D eigenvalue weighted by molar-refractivity contribution is -0.158. The van der Waals surface area contributed by atoms with Crippen LogP contribution in [0.2, 0.25) is 0 Å². The third-order valence-electron chi connectivity index (χ3n) is 5.26. The van der Waals surface area contributed by atoms with Gasteiger partial charge in [0, 0.05) is 6.92 Å². The molecule has 0 saturated heterocycles. The van der Waals surface area contributed by atoms with Crippen molar-refractivity contribution in [2.45, 2.75) is 46.3 Å². The summed E-state index contributed by atoms with van der Waals surface area (Å²) >= 11 is 0. The molecule has 0 fully saturated rings. The minimum atomic E-state index is -0.811. The van der Waals surface area contributed by atoms with Crippen LogP contribution in [0.1, 0.15) is 26.3 Å². The fraction of sp³-hybridized carbons (Fsp3) is 0.417. The van der Waals surface area contributed by atoms with E-state index < -0.39 is 29.6 Å². The van der Waals surface area contributed by atoms with E-state index in [9.17, 15) is 14.4 Å². The van der Waals surface area contributed by atoms with Crippen LogP contribution in [0.5, 0.6) is 0 Å². The molecule has 2 heterocycles. The third kappa shape index (κ3) is 8.45. The Labute approximate surface area is 220 Å². The number of fused-ring (bicyclic) bond motifs is 1. The maximum atomic E-state index is 12.9. The highest BCUT2D eigenvalue weighted by Gasteiger charge is 2.26. The van der Waals surface area contributed by atoms with E-state index in [2.05, 4.69) is 29.1 Å². The number of nitrogens with two attached hydrogens (primary N) is 1. The minimum absolute atomic E-state index is 0.0718. The van der Waals surface area contributed by atoms with Crippen LogP contribution in [0.15, 0.2) is 41.5 Å². The highest BCUT2D eigenvalue weighted by atomic mass is 31.0. The number of ether oxygens (including phenoxy) is 4. The van der Waals surface area contributed by atoms with Gasteiger partial charge in [0.25, 0.3) is 5.56 Å². The van der Waals surface area contributed by atoms with Crippen LogP contribution in [0.25, 0.3) is 11.2 Å². The second-order valence-corrected chi connectivity index (χ2v) is 9.11. The number of aromatic amines is 1. The van der Waals surface area contributed by atoms with Gasteiger partial charge in [0.1, 0.15) is 37.7 Å². The fourth-order valence-electron chi connectivity index (χ4n) is 3.28. The summed E-state index contributed by atoms with van der Waals surface area (Å²) in [6.07, 6.45) is 0.552. The van der Waals surface area contributed by atoms with Crippen molar-refractivity contribution >= 4 is 43.5 Å². The Kier molecular flexibility index (Phi) is 10.5. The number of esters is 2. The summed E-state index contributed by atoms with van der Waals surface area (Å²) in [6.45, 7) is 4.78. The quantitative estimate of drug-likeness (QED) is 0.196. The predicted molar refractivity (Wildman–Crippen MR) is 141 cm³/mol. The molecule has 1 aromatic carbocycles. The number of benzene rings is 1. The number of anilines is 1. The molecule has 2 unspecified atom stereocenters. The maximum absolute atomic E-state index is 12.9. The predicted octanol–water partition coefficient (Wildman–Crippen LogP) is 1.21. The summed E-state index contributed by atoms with van der Waals surface area (Å²) in [6, 6.07) is 8.84. The number of H-pyrrole nitrogens is 1. The van der Waals surface area contributed by atoms with Gasteiger partial charge in [-0.3, -0.25) is 29.3 Å². The summed E-state index contributed by atoms with van der Waals surface area (Å²) in [5.41, 5.74) is 6.69. The van der Waals surface area contributed by atoms with Gasteiger partial charge in [0.2, 0.25) is 5.95 Å². The topological polar surface area (TPSA) is 173 Å². The number of hydrogen-bond acceptors (Lipinski definition) is 10. The van der Waals surface area contributed by atoms with Gasteiger partial charge in [-0.05, 0) is 11.5 Å². The minimum Gasteiger partial charge on any atom is -0.463 e. The van der Waals surface area contributed by atoms with E-state index in [1.807, 2.05) is 44.2 Å². The number of imidazole rings is 1. The van der Waals surface area contributed by atoms with Crippen molar-refractivity contribution in [3.05, 3.63) is 52.6 Å². The number of hydrogen-bond donors (Lipinski definition) is 3. The standard InChI is InChI=1S/C24H31N6O7P/c1-14(2)18(27-24(38)36-9-16-7-5-4-6-8-16)22(33)35-11-17(10-34-15(3)31)37-13-30-12-26-19-20(30)28-23(25)29-21(19)32/h4-8,12,14,17-18,27,38H,9-11,13H2,1-3H3,(H3,25,28,29,32). The molecule has 0 amide bonds. The molecule has 3 aromatic rings. The van der Waals surface area contributed by atoms with E-state index in [0.717, 1.165) is 5.56 Å². The molecule has 0 aliphatic carbocycles. The van der Waals surface area contributed by atoms with Crippen LogP contribution < -0.4 is 16.6 Å². The zero-order valence-electron chi connectivity index (χ0n) is 21.3. The number of nitrogen functional groups attached to an aromatic ring is 1. The lowest BCUT2D eigenvalue weighted by atomic mass is 10.1. The van der Waals surface area contributed by atoms with E-state index in [1.54, 1.807) is 0 Å². The Morgan fingerprint density at radius 1 is 1.16 bits per heavy atom. The molecule has 4 N–H and O–H groups in total. The molecular weight excluding hydrogens is 515 g/mol. The van der Waals surface area contributed by atoms with Crippen molar-refractivity contribution in [3.8, 4) is 0 Å². The van der Waals surface area contributed by atoms with Crippen molar-refractivity contribution in [2.24, 2.45) is 5.92 Å². The van der Waals surface area contributed by atoms with E-state index in [0.29, 0.717) is 6.61 Å². The second-order valence-electron chi connectivity index (χ2n) is 8.66. The highest BCUT2D eigenvalue weighted by molar-refractivity contribution is 7.20. The lowest BCUT2D eigenvalue weighted by Gasteiger charge is -2.23. The van der Waals surface area contributed by atoms with Crippen molar-refractivity contribution in [1.29, 1.82) is 0 Å². The Morgan fingerprint density at radius 2 is 1.87 bits per heavy atom. The highest BCUT2D eigenvalue weighted by Crippen LogP contribution is 2.10. The molecule has 38 heavy (non-hydrogen) atoms. The van der Waals surface area contributed by atoms with Gasteiger partial charge in [-0.15, -0.1) is 0 Å². The summed E-state index contributed by atoms with van der Waals surface area (Å²) in [5.74, 6) is -1.29. The molecule has 0 bridgehead atoms. The molecule has 0 aliphatic heterocycles. The van der Waals surface area contributed by atoms with Crippen LogP contribution >= 0.6 is 8.86 Å². The average Bonchev–Trinajstić information content (AvgIpc) is 3.28. The number of rotatable bonds is 14. The lowest BCUT2D eigenvalue weighted by Crippen LogP contribution is -2.46. The Hall–Kier alpha value is -3.64. The molecule has 2 aromatic heterocycles. The van der Waals surface area contributed by atoms with Gasteiger partial charge < -0.3 is 24.7 Å². The van der Waals surface area contributed by atoms with Crippen molar-refractivity contribution < 1.29 is 28.5 Å². The Bertz CT molecular complexity index is 1310. The van der Waals surface area contributed by atoms with Gasteiger partial charge in [-0.2, -0.15) is 4.98 Å². The molecule has 14 heteroatoms. The van der Waals surface area contributed by atoms with Gasteiger partial charge >= 0.3 is 11.9 Å². The molecule has 0 spiro atoms. The van der Waals surface area contributed by atoms with Crippen LogP contribution in [0, 0.1) is 5.92 Å². The van der Waals surface area contributed by atoms with Gasteiger partial charge in [0.15, 0.2) is 11.2 Å². The summed E-state index contributed by atoms with van der Waals surface area (Å²) in [5, 5.41) is 2.99. The van der Waals surface area contributed by atoms with Crippen LogP contribution in [0.4, 0.5) is 5.95 Å². The van der Waals surface area contributed by atoms with Crippen molar-refractivity contribution in [3.63, 3.8) is 0 Å². The first kappa shape index (κ1) is 28.9. The summed E-state index contributed by atoms with van der Waals surface area (Å²) in [4.78, 5) is 46.7. The Balaban J connectivity index is 1.59. The molecule has 0 aliphatic rings. The molecule has 0 radical (unpaired) electrons. The number of nitrogens with zero attached hydrogens (tertiary/aromatic N) is 3. The number of carbonyl (C=O) groups excluding carboxylic acids is 2. The van der Waals surface area contributed by atoms with Crippen LogP contribution in [0.3, 0.4) is 0 Å². The number of carbonyl (C=O) groups is 2. The first-order chi connectivity index (χ1) is 18.1. The molecule has 3 rings (SSSR count). The van der Waals surface area contributed by atoms with Crippen LogP contribution in [-0.4, -0.2) is 62.4 Å². The van der Waals surface area contributed by atoms with E-state index in [4.69, 9.17) is 24.7 Å². The molecule has 204 valence electrons. The molecular formula is C24H31N6O7P. The monoisotopic (exact) mass is 546 g/mol. The third-order valence-corrected chi connectivity index (χ3v) is 5.55. The first-order valence-electron chi connectivity index (χ1n) is 11.8. The first-order valence-corrected chi connectivity index (χ1v) is 12.3. The fourth-order valence-corrected chi connectivity index (χ4v) is 3.51. The zero-order valence-corrected chi connectivity index (χ0v) is 22.3. The van der Waals surface area contributed by atoms with Gasteiger partial charge in [-0.25, -0.2) is 4.98 Å². The SMILES string of the molecule is CC(=O)OCC(COC(=O)C(NC(=P)OCc1ccccc1)C(C)C)OCn1cnc2c(=O)[nH]c(N)nc21. The second kappa shape index (κ2) is 13.8. The van der Waals surface area contributed by atoms with Crippen molar-refractivity contribution in [1.82, 2.24) is 24.8 Å². The van der Waals surface area contributed by atoms with Crippen LogP contribution in [-0.2, 0) is 41.9 Å². The Morgan fingerprint density at radius 3 is 2.55 bits per heavy atom. The van der Waals surface area contributed by atoms with Gasteiger partial charge in [-0.1, -0.05) is 53.0 Å².